The number of rotatable bonds is 15. The highest BCUT2D eigenvalue weighted by atomic mass is 16.5. The molecule has 0 bridgehead atoms. The first kappa shape index (κ1) is 73.9. The summed E-state index contributed by atoms with van der Waals surface area (Å²) in [6.45, 7) is 0. The van der Waals surface area contributed by atoms with E-state index in [1.165, 1.54) is 151 Å². The molecule has 15 aromatic carbocycles. The summed E-state index contributed by atoms with van der Waals surface area (Å²) in [6, 6.07) is 137. The fraction of sp³-hybridized carbons (Fsp3) is 0.0909. The van der Waals surface area contributed by atoms with E-state index in [1.807, 2.05) is 0 Å². The third kappa shape index (κ3) is 17.3. The molecule has 0 aliphatic carbocycles. The molecule has 0 unspecified atom stereocenters. The van der Waals surface area contributed by atoms with Crippen molar-refractivity contribution in [2.24, 2.45) is 0 Å². The number of hydrogen-bond acceptors (Lipinski definition) is 3. The van der Waals surface area contributed by atoms with Crippen molar-refractivity contribution in [2.75, 3.05) is 63.4 Å². The van der Waals surface area contributed by atoms with Crippen LogP contribution in [0.15, 0.2) is 382 Å². The van der Waals surface area contributed by atoms with E-state index in [-0.39, 0.29) is 0 Å². The van der Waals surface area contributed by atoms with Crippen LogP contribution < -0.4 is 28.5 Å². The molecule has 7 heteroatoms. The minimum Gasteiger partial charge on any atom is -0.907 e. The maximum atomic E-state index is 8.42. The molecule has 6 nitrogen and oxygen atoms in total. The maximum Gasteiger partial charge on any atom is 0.141 e. The van der Waals surface area contributed by atoms with E-state index < -0.39 is 7.32 Å². The first-order valence-corrected chi connectivity index (χ1v) is 36.1. The fourth-order valence-electron chi connectivity index (χ4n) is 14.2. The Bertz CT molecular complexity index is 4760. The molecule has 0 atom stereocenters. The lowest BCUT2D eigenvalue weighted by atomic mass is 9.81. The van der Waals surface area contributed by atoms with Crippen molar-refractivity contribution >= 4 is 24.4 Å². The predicted molar refractivity (Wildman–Crippen MR) is 449 cm³/mol. The molecule has 0 fully saturated rings. The third-order valence-corrected chi connectivity index (χ3v) is 18.9. The molecule has 106 heavy (non-hydrogen) atoms. The van der Waals surface area contributed by atoms with E-state index >= 15 is 0 Å². The van der Waals surface area contributed by atoms with Gasteiger partial charge in [0.05, 0.1) is 80.1 Å². The Balaban J connectivity index is 0.000000145. The van der Waals surface area contributed by atoms with Gasteiger partial charge in [-0.2, -0.15) is 0 Å². The summed E-state index contributed by atoms with van der Waals surface area (Å²) in [5.74, 6) is 0. The van der Waals surface area contributed by atoms with E-state index in [1.54, 1.807) is 0 Å². The van der Waals surface area contributed by atoms with Crippen molar-refractivity contribution < 1.29 is 15.1 Å². The van der Waals surface area contributed by atoms with Crippen molar-refractivity contribution in [3.8, 4) is 134 Å². The zero-order valence-corrected chi connectivity index (χ0v) is 62.0. The lowest BCUT2D eigenvalue weighted by molar-refractivity contribution is -0.479. The van der Waals surface area contributed by atoms with E-state index in [0.29, 0.717) is 0 Å². The number of nitrogens with zero attached hydrogens (tertiary/aromatic N) is 3. The third-order valence-electron chi connectivity index (χ3n) is 18.9. The molecule has 0 saturated carbocycles. The Kier molecular flexibility index (Phi) is 23.5. The summed E-state index contributed by atoms with van der Waals surface area (Å²) < 4.78 is 2.16. The summed E-state index contributed by atoms with van der Waals surface area (Å²) in [7, 11) is 17.4. The van der Waals surface area contributed by atoms with Crippen LogP contribution in [-0.2, 0) is 0 Å². The van der Waals surface area contributed by atoms with Crippen molar-refractivity contribution in [2.45, 2.75) is 0 Å². The molecule has 522 valence electrons. The number of benzene rings is 15. The first-order valence-electron chi connectivity index (χ1n) is 36.1. The molecule has 0 aromatic heterocycles. The Morgan fingerprint density at radius 2 is 0.274 bits per heavy atom. The van der Waals surface area contributed by atoms with Crippen molar-refractivity contribution in [3.63, 3.8) is 0 Å². The van der Waals surface area contributed by atoms with Gasteiger partial charge in [0.1, 0.15) is 17.1 Å². The lowest BCUT2D eigenvalue weighted by Crippen LogP contribution is -2.56. The predicted octanol–water partition coefficient (Wildman–Crippen LogP) is 21.7. The van der Waals surface area contributed by atoms with Gasteiger partial charge in [-0.05, 0) is 100 Å². The van der Waals surface area contributed by atoms with Crippen LogP contribution in [0.3, 0.4) is 0 Å². The van der Waals surface area contributed by atoms with Gasteiger partial charge in [-0.3, -0.25) is 20.8 Å². The highest BCUT2D eigenvalue weighted by Crippen LogP contribution is 2.54. The molecule has 0 aliphatic heterocycles. The quantitative estimate of drug-likeness (QED) is 0.0759. The second-order valence-corrected chi connectivity index (χ2v) is 28.9. The smallest absolute Gasteiger partial charge is 0.141 e. The Hall–Kier alpha value is -11.9. The normalized spacial score (nSPS) is 11.2. The van der Waals surface area contributed by atoms with Crippen molar-refractivity contribution in [1.82, 2.24) is 13.4 Å². The molecule has 0 aliphatic rings. The van der Waals surface area contributed by atoms with Gasteiger partial charge in [0, 0.05) is 34.9 Å². The summed E-state index contributed by atoms with van der Waals surface area (Å²) in [4.78, 5) is 0. The molecular formula is C99H90BN3O3. The second kappa shape index (κ2) is 33.7. The van der Waals surface area contributed by atoms with Gasteiger partial charge in [-0.25, -0.2) is 0 Å². The average Bonchev–Trinajstić information content (AvgIpc) is 0.749. The largest absolute Gasteiger partial charge is 0.907 e. The minimum absolute atomic E-state index is 0.721. The van der Waals surface area contributed by atoms with E-state index in [0.717, 1.165) is 13.4 Å². The molecule has 0 saturated heterocycles. The lowest BCUT2D eigenvalue weighted by Gasteiger charge is -2.35. The molecule has 15 aromatic rings. The molecule has 0 radical (unpaired) electrons. The van der Waals surface area contributed by atoms with Crippen LogP contribution in [0, 0.1) is 0 Å². The zero-order chi connectivity index (χ0) is 74.2. The second-order valence-electron chi connectivity index (χ2n) is 28.9. The Morgan fingerprint density at radius 3 is 0.406 bits per heavy atom. The van der Waals surface area contributed by atoms with Crippen molar-refractivity contribution in [1.29, 1.82) is 0 Å². The minimum atomic E-state index is -2.92. The molecule has 0 N–H and O–H groups in total. The summed E-state index contributed by atoms with van der Waals surface area (Å²) in [5, 5.41) is 25.2. The van der Waals surface area contributed by atoms with Gasteiger partial charge < -0.3 is 15.1 Å². The molecular weight excluding hydrogens is 1290 g/mol. The topological polar surface area (TPSA) is 69.2 Å². The monoisotopic (exact) mass is 1380 g/mol. The number of quaternary nitrogens is 3. The summed E-state index contributed by atoms with van der Waals surface area (Å²) in [5.41, 5.74) is 34.0. The van der Waals surface area contributed by atoms with E-state index in [2.05, 4.69) is 446 Å². The highest BCUT2D eigenvalue weighted by Gasteiger charge is 2.33. The SMILES string of the molecule is C[N+](C)(C)c1cc(-c2ccccc2)c(-c2ccccc2)c(-c2ccccc2)c1-c1ccccc1.C[N+](C)(C)c1cc(-c2ccccc2)c(-c2ccccc2)c(-c2ccccc2)c1-c1ccccc1.C[N+](C)(C)c1cc(-c2ccccc2)c(-c2ccccc2)c(-c2ccccc2)c1-c1ccccc1.[O-]B([O-])[O-]. The molecule has 0 heterocycles. The summed E-state index contributed by atoms with van der Waals surface area (Å²) >= 11 is 0. The zero-order valence-electron chi connectivity index (χ0n) is 62.0. The van der Waals surface area contributed by atoms with Crippen LogP contribution in [0.4, 0.5) is 17.1 Å². The van der Waals surface area contributed by atoms with Crippen molar-refractivity contribution in [3.05, 3.63) is 382 Å². The van der Waals surface area contributed by atoms with Crippen LogP contribution in [0.1, 0.15) is 0 Å². The maximum absolute atomic E-state index is 8.42. The van der Waals surface area contributed by atoms with E-state index in [9.17, 15) is 0 Å². The van der Waals surface area contributed by atoms with Gasteiger partial charge in [0.2, 0.25) is 0 Å². The van der Waals surface area contributed by atoms with Gasteiger partial charge in [0.15, 0.2) is 0 Å². The number of hydrogen-bond donors (Lipinski definition) is 0. The average molecular weight is 1380 g/mol. The molecule has 0 amide bonds. The van der Waals surface area contributed by atoms with Gasteiger partial charge >= 0.3 is 0 Å². The van der Waals surface area contributed by atoms with Crippen LogP contribution in [0.5, 0.6) is 0 Å². The van der Waals surface area contributed by atoms with E-state index in [4.69, 9.17) is 15.1 Å². The highest BCUT2D eigenvalue weighted by molar-refractivity contribution is 6.24. The Labute approximate surface area is 628 Å². The fourth-order valence-corrected chi connectivity index (χ4v) is 14.2. The Morgan fingerprint density at radius 1 is 0.160 bits per heavy atom. The molecule has 15 rings (SSSR count). The van der Waals surface area contributed by atoms with Gasteiger partial charge in [0.25, 0.3) is 0 Å². The van der Waals surface area contributed by atoms with Crippen LogP contribution >= 0.6 is 0 Å². The first-order chi connectivity index (χ1) is 51.3. The standard InChI is InChI=1S/3C33H30N.BO3/c3*1-34(2,3)30-24-29(25-16-8-4-9-17-25)31(26-18-10-5-11-19-26)33(28-22-14-7-15-23-28)32(30)27-20-12-6-13-21-27;2-1(3)4/h3*4-24H,1-3H3;/q3*+1;-3. The van der Waals surface area contributed by atoms with Gasteiger partial charge in [-0.15, -0.1) is 0 Å². The van der Waals surface area contributed by atoms with Crippen LogP contribution in [-0.4, -0.2) is 70.8 Å². The van der Waals surface area contributed by atoms with Crippen LogP contribution in [0.2, 0.25) is 0 Å². The van der Waals surface area contributed by atoms with Gasteiger partial charge in [-0.1, -0.05) is 364 Å². The summed E-state index contributed by atoms with van der Waals surface area (Å²) in [6.07, 6.45) is 0. The van der Waals surface area contributed by atoms with Crippen LogP contribution in [0.25, 0.3) is 134 Å². The molecule has 0 spiro atoms.